The second kappa shape index (κ2) is 4.26. The molecule has 3 nitrogen and oxygen atoms in total. The minimum Gasteiger partial charge on any atom is -0.370 e. The minimum absolute atomic E-state index is 0.0116. The number of amides is 1. The molecule has 0 radical (unpaired) electrons. The van der Waals surface area contributed by atoms with Gasteiger partial charge in [-0.05, 0) is 31.0 Å². The fourth-order valence-corrected chi connectivity index (χ4v) is 2.97. The van der Waals surface area contributed by atoms with Gasteiger partial charge < -0.3 is 10.6 Å². The van der Waals surface area contributed by atoms with Crippen LogP contribution in [0.1, 0.15) is 38.5 Å². The van der Waals surface area contributed by atoms with E-state index in [2.05, 4.69) is 10.6 Å². The molecule has 1 spiro atoms. The highest BCUT2D eigenvalue weighted by Crippen LogP contribution is 2.38. The van der Waals surface area contributed by atoms with Gasteiger partial charge in [0.05, 0.1) is 11.4 Å². The maximum absolute atomic E-state index is 13.1. The van der Waals surface area contributed by atoms with Gasteiger partial charge in [-0.3, -0.25) is 4.79 Å². The molecule has 1 fully saturated rings. The Bertz CT molecular complexity index is 479. The Balaban J connectivity index is 1.95. The van der Waals surface area contributed by atoms with Crippen LogP contribution in [0.4, 0.5) is 15.8 Å². The molecule has 1 aliphatic heterocycles. The van der Waals surface area contributed by atoms with Crippen LogP contribution in [0.25, 0.3) is 0 Å². The lowest BCUT2D eigenvalue weighted by atomic mass is 9.87. The number of carbonyl (C=O) groups is 1. The molecule has 1 amide bonds. The summed E-state index contributed by atoms with van der Waals surface area (Å²) >= 11 is 0. The van der Waals surface area contributed by atoms with Crippen LogP contribution in [0.3, 0.4) is 0 Å². The second-order valence-electron chi connectivity index (χ2n) is 5.27. The van der Waals surface area contributed by atoms with Gasteiger partial charge >= 0.3 is 0 Å². The SMILES string of the molecule is O=C1Nc2cc(F)ccc2NC12CCCCCC2. The van der Waals surface area contributed by atoms with Crippen molar-refractivity contribution in [2.45, 2.75) is 44.1 Å². The molecule has 0 aromatic heterocycles. The summed E-state index contributed by atoms with van der Waals surface area (Å²) in [5.74, 6) is -0.338. The van der Waals surface area contributed by atoms with Crippen LogP contribution in [0.5, 0.6) is 0 Å². The Morgan fingerprint density at radius 3 is 2.50 bits per heavy atom. The van der Waals surface area contributed by atoms with Crippen LogP contribution < -0.4 is 10.6 Å². The van der Waals surface area contributed by atoms with Crippen LogP contribution in [-0.4, -0.2) is 11.4 Å². The van der Waals surface area contributed by atoms with Crippen LogP contribution >= 0.6 is 0 Å². The summed E-state index contributed by atoms with van der Waals surface area (Å²) in [5.41, 5.74) is 0.897. The fourth-order valence-electron chi connectivity index (χ4n) is 2.97. The Hall–Kier alpha value is -1.58. The quantitative estimate of drug-likeness (QED) is 0.739. The number of rotatable bonds is 0. The van der Waals surface area contributed by atoms with Crippen molar-refractivity contribution in [1.29, 1.82) is 0 Å². The van der Waals surface area contributed by atoms with E-state index in [0.29, 0.717) is 5.69 Å². The van der Waals surface area contributed by atoms with Crippen LogP contribution in [0, 0.1) is 5.82 Å². The van der Waals surface area contributed by atoms with Gasteiger partial charge in [0.2, 0.25) is 5.91 Å². The van der Waals surface area contributed by atoms with E-state index < -0.39 is 5.54 Å². The van der Waals surface area contributed by atoms with Crippen molar-refractivity contribution in [3.63, 3.8) is 0 Å². The predicted molar refractivity (Wildman–Crippen MR) is 69.1 cm³/mol. The Morgan fingerprint density at radius 2 is 1.78 bits per heavy atom. The first-order valence-corrected chi connectivity index (χ1v) is 6.59. The highest BCUT2D eigenvalue weighted by molar-refractivity contribution is 6.06. The van der Waals surface area contributed by atoms with E-state index in [1.165, 1.54) is 25.0 Å². The predicted octanol–water partition coefficient (Wildman–Crippen LogP) is 3.28. The summed E-state index contributed by atoms with van der Waals surface area (Å²) in [6, 6.07) is 4.49. The molecule has 96 valence electrons. The van der Waals surface area contributed by atoms with Crippen LogP contribution in [0.15, 0.2) is 18.2 Å². The monoisotopic (exact) mass is 248 g/mol. The molecular formula is C14H17FN2O. The molecule has 2 aliphatic rings. The van der Waals surface area contributed by atoms with Gasteiger partial charge in [-0.1, -0.05) is 25.7 Å². The van der Waals surface area contributed by atoms with Crippen molar-refractivity contribution >= 4 is 17.3 Å². The maximum Gasteiger partial charge on any atom is 0.250 e. The van der Waals surface area contributed by atoms with Gasteiger partial charge in [0.25, 0.3) is 0 Å². The van der Waals surface area contributed by atoms with Crippen LogP contribution in [-0.2, 0) is 4.79 Å². The van der Waals surface area contributed by atoms with Crippen molar-refractivity contribution in [1.82, 2.24) is 0 Å². The first kappa shape index (κ1) is 11.5. The van der Waals surface area contributed by atoms with Gasteiger partial charge in [-0.25, -0.2) is 4.39 Å². The van der Waals surface area contributed by atoms with Gasteiger partial charge in [0.15, 0.2) is 0 Å². The summed E-state index contributed by atoms with van der Waals surface area (Å²) in [5, 5.41) is 6.20. The molecule has 0 atom stereocenters. The van der Waals surface area contributed by atoms with Crippen molar-refractivity contribution < 1.29 is 9.18 Å². The molecule has 3 rings (SSSR count). The van der Waals surface area contributed by atoms with Crippen molar-refractivity contribution in [3.05, 3.63) is 24.0 Å². The molecule has 0 bridgehead atoms. The molecule has 1 aliphatic carbocycles. The van der Waals surface area contributed by atoms with Gasteiger partial charge in [-0.2, -0.15) is 0 Å². The average Bonchev–Trinajstić information content (AvgIpc) is 2.58. The number of anilines is 2. The Kier molecular flexibility index (Phi) is 2.73. The highest BCUT2D eigenvalue weighted by atomic mass is 19.1. The van der Waals surface area contributed by atoms with Crippen molar-refractivity contribution in [3.8, 4) is 0 Å². The topological polar surface area (TPSA) is 41.1 Å². The maximum atomic E-state index is 13.1. The third kappa shape index (κ3) is 1.85. The zero-order valence-electron chi connectivity index (χ0n) is 10.3. The number of halogens is 1. The number of nitrogens with one attached hydrogen (secondary N) is 2. The van der Waals surface area contributed by atoms with Crippen molar-refractivity contribution in [2.24, 2.45) is 0 Å². The molecule has 18 heavy (non-hydrogen) atoms. The van der Waals surface area contributed by atoms with Gasteiger partial charge in [0, 0.05) is 0 Å². The normalized spacial score (nSPS) is 21.7. The smallest absolute Gasteiger partial charge is 0.250 e. The average molecular weight is 248 g/mol. The minimum atomic E-state index is -0.485. The second-order valence-corrected chi connectivity index (χ2v) is 5.27. The first-order valence-electron chi connectivity index (χ1n) is 6.59. The Labute approximate surface area is 106 Å². The summed E-state index contributed by atoms with van der Waals surface area (Å²) in [7, 11) is 0. The number of carbonyl (C=O) groups excluding carboxylic acids is 1. The molecule has 0 unspecified atom stereocenters. The summed E-state index contributed by atoms with van der Waals surface area (Å²) < 4.78 is 13.1. The van der Waals surface area contributed by atoms with E-state index in [9.17, 15) is 9.18 Å². The van der Waals surface area contributed by atoms with Gasteiger partial charge in [0.1, 0.15) is 11.4 Å². The number of fused-ring (bicyclic) bond motifs is 1. The number of hydrogen-bond acceptors (Lipinski definition) is 2. The molecule has 1 aromatic rings. The zero-order chi connectivity index (χ0) is 12.6. The fraction of sp³-hybridized carbons (Fsp3) is 0.500. The summed E-state index contributed by atoms with van der Waals surface area (Å²) in [6.07, 6.45) is 6.22. The number of benzene rings is 1. The lowest BCUT2D eigenvalue weighted by molar-refractivity contribution is -0.121. The van der Waals surface area contributed by atoms with E-state index >= 15 is 0 Å². The highest BCUT2D eigenvalue weighted by Gasteiger charge is 2.41. The van der Waals surface area contributed by atoms with E-state index in [1.807, 2.05) is 0 Å². The Morgan fingerprint density at radius 1 is 1.06 bits per heavy atom. The third-order valence-electron chi connectivity index (χ3n) is 4.00. The molecule has 2 N–H and O–H groups in total. The standard InChI is InChI=1S/C14H17FN2O/c15-10-5-6-11-12(9-10)16-13(18)14(17-11)7-3-1-2-4-8-14/h5-6,9,17H,1-4,7-8H2,(H,16,18). The van der Waals surface area contributed by atoms with Crippen LogP contribution in [0.2, 0.25) is 0 Å². The molecule has 1 heterocycles. The first-order chi connectivity index (χ1) is 8.70. The lowest BCUT2D eigenvalue weighted by Gasteiger charge is -2.38. The molecule has 0 saturated heterocycles. The molecular weight excluding hydrogens is 231 g/mol. The molecule has 4 heteroatoms. The largest absolute Gasteiger partial charge is 0.370 e. The third-order valence-corrected chi connectivity index (χ3v) is 4.00. The van der Waals surface area contributed by atoms with E-state index in [4.69, 9.17) is 0 Å². The summed E-state index contributed by atoms with van der Waals surface area (Å²) in [4.78, 5) is 12.3. The molecule has 1 saturated carbocycles. The molecule has 1 aromatic carbocycles. The van der Waals surface area contributed by atoms with Gasteiger partial charge in [-0.15, -0.1) is 0 Å². The van der Waals surface area contributed by atoms with Crippen molar-refractivity contribution in [2.75, 3.05) is 10.6 Å². The number of hydrogen-bond donors (Lipinski definition) is 2. The lowest BCUT2D eigenvalue weighted by Crippen LogP contribution is -2.52. The van der Waals surface area contributed by atoms with E-state index in [-0.39, 0.29) is 11.7 Å². The van der Waals surface area contributed by atoms with E-state index in [1.54, 1.807) is 6.07 Å². The summed E-state index contributed by atoms with van der Waals surface area (Å²) in [6.45, 7) is 0. The van der Waals surface area contributed by atoms with E-state index in [0.717, 1.165) is 31.4 Å². The zero-order valence-corrected chi connectivity index (χ0v) is 10.3.